The molecule has 1 N–H and O–H groups in total. The first-order valence-corrected chi connectivity index (χ1v) is 8.00. The molecule has 18 heteroatoms. The maximum absolute atomic E-state index is 13.6. The van der Waals surface area contributed by atoms with Crippen LogP contribution in [-0.2, 0) is 4.79 Å². The number of hydrogen-bond acceptors (Lipinski definition) is 1. The monoisotopic (exact) mass is 514 g/mol. The van der Waals surface area contributed by atoms with Gasteiger partial charge in [0.2, 0.25) is 0 Å². The van der Waals surface area contributed by atoms with Gasteiger partial charge in [0.05, 0.1) is 20.6 Å². The van der Waals surface area contributed by atoms with E-state index < -0.39 is 78.1 Å². The molecule has 0 unspecified atom stereocenters. The number of quaternary nitrogens is 1. The zero-order valence-electron chi connectivity index (χ0n) is 15.8. The maximum atomic E-state index is 13.6. The normalized spacial score (nSPS) is 15.8. The number of nitrogens with zero attached hydrogens (tertiary/aromatic N) is 1. The van der Waals surface area contributed by atoms with Crippen LogP contribution in [0.5, 0.6) is 0 Å². The summed E-state index contributed by atoms with van der Waals surface area (Å²) in [6, 6.07) is 0. The fraction of sp³-hybridized carbons (Fsp3) is 0.929. The molecule has 0 aliphatic carbocycles. The molecule has 0 fully saturated rings. The molecule has 0 aliphatic heterocycles. The van der Waals surface area contributed by atoms with E-state index in [0.717, 1.165) is 14.1 Å². The minimum absolute atomic E-state index is 0.723. The van der Waals surface area contributed by atoms with Gasteiger partial charge < -0.3 is 9.59 Å². The number of alkyl halides is 15. The number of aliphatic carboxylic acids is 1. The Bertz CT molecular complexity index is 684. The van der Waals surface area contributed by atoms with E-state index in [1.807, 2.05) is 0 Å². The first-order chi connectivity index (χ1) is 13.6. The number of hydrogen-bond donors (Lipinski definition) is 1. The minimum Gasteiger partial charge on any atom is -0.477 e. The number of carboxylic acids is 1. The Kier molecular flexibility index (Phi) is 7.88. The van der Waals surface area contributed by atoms with Crippen LogP contribution >= 0.6 is 0 Å². The summed E-state index contributed by atoms with van der Waals surface area (Å²) in [5.41, 5.74) is 0. The molecule has 0 saturated heterocycles. The van der Waals surface area contributed by atoms with Crippen molar-refractivity contribution in [2.24, 2.45) is 0 Å². The van der Waals surface area contributed by atoms with Crippen molar-refractivity contribution in [2.75, 3.05) is 27.2 Å². The summed E-state index contributed by atoms with van der Waals surface area (Å²) < 4.78 is 195. The van der Waals surface area contributed by atoms with Crippen LogP contribution in [0.25, 0.3) is 0 Å². The number of likely N-dealkylation sites (N-methyl/N-ethyl adjacent to an activating group) is 1. The number of halogens is 15. The van der Waals surface area contributed by atoms with Crippen LogP contribution in [0.3, 0.4) is 0 Å². The summed E-state index contributed by atoms with van der Waals surface area (Å²) in [6.07, 6.45) is -11.4. The number of carbonyl (C=O) groups is 1. The Morgan fingerprint density at radius 3 is 1.34 bits per heavy atom. The Morgan fingerprint density at radius 2 is 1.00 bits per heavy atom. The molecule has 0 spiro atoms. The fourth-order valence-electron chi connectivity index (χ4n) is 2.33. The van der Waals surface area contributed by atoms with Crippen LogP contribution in [-0.4, -0.2) is 84.5 Å². The van der Waals surface area contributed by atoms with Gasteiger partial charge >= 0.3 is 47.7 Å². The van der Waals surface area contributed by atoms with Gasteiger partial charge in [-0.25, -0.2) is 4.79 Å². The predicted octanol–water partition coefficient (Wildman–Crippen LogP) is 5.30. The van der Waals surface area contributed by atoms with Crippen molar-refractivity contribution >= 4 is 5.97 Å². The van der Waals surface area contributed by atoms with Gasteiger partial charge in [0, 0.05) is 12.8 Å². The summed E-state index contributed by atoms with van der Waals surface area (Å²) >= 11 is 0. The standard InChI is InChI=1S/C14H14F15NO2/c1-30(2,6-7(31)32)5-3-4-8(15,16)9(17,18)10(19,20)11(21,22)12(23,24)13(25,26)14(27,28)29/h3-6H2,1-2H3/p+1. The van der Waals surface area contributed by atoms with E-state index in [4.69, 9.17) is 5.11 Å². The van der Waals surface area contributed by atoms with Crippen LogP contribution < -0.4 is 0 Å². The van der Waals surface area contributed by atoms with Crippen molar-refractivity contribution in [3.05, 3.63) is 0 Å². The molecule has 0 aliphatic rings. The molecule has 192 valence electrons. The lowest BCUT2D eigenvalue weighted by Gasteiger charge is -2.41. The smallest absolute Gasteiger partial charge is 0.460 e. The largest absolute Gasteiger partial charge is 0.477 e. The maximum Gasteiger partial charge on any atom is 0.460 e. The number of rotatable bonds is 11. The molecule has 0 rings (SSSR count). The van der Waals surface area contributed by atoms with Crippen LogP contribution in [0.2, 0.25) is 0 Å². The van der Waals surface area contributed by atoms with Gasteiger partial charge in [0.1, 0.15) is 0 Å². The SMILES string of the molecule is C[N+](C)(CCCC(F)(F)C(F)(F)C(F)(F)C(F)(F)C(F)(F)C(F)(F)C(F)(F)F)CC(=O)O. The molecule has 0 radical (unpaired) electrons. The van der Waals surface area contributed by atoms with Crippen molar-refractivity contribution in [3.63, 3.8) is 0 Å². The fourth-order valence-corrected chi connectivity index (χ4v) is 2.33. The van der Waals surface area contributed by atoms with Crippen molar-refractivity contribution in [2.45, 2.75) is 54.6 Å². The zero-order chi connectivity index (χ0) is 26.4. The Labute approximate surface area is 169 Å². The molecule has 0 amide bonds. The lowest BCUT2D eigenvalue weighted by atomic mass is 9.89. The highest BCUT2D eigenvalue weighted by Gasteiger charge is 2.93. The molecule has 0 aromatic carbocycles. The lowest BCUT2D eigenvalue weighted by Crippen LogP contribution is -2.72. The zero-order valence-corrected chi connectivity index (χ0v) is 15.8. The van der Waals surface area contributed by atoms with Crippen LogP contribution in [0.4, 0.5) is 65.9 Å². The van der Waals surface area contributed by atoms with Crippen LogP contribution in [0, 0.1) is 0 Å². The summed E-state index contributed by atoms with van der Waals surface area (Å²) in [4.78, 5) is 10.5. The van der Waals surface area contributed by atoms with E-state index in [9.17, 15) is 70.7 Å². The molecular weight excluding hydrogens is 499 g/mol. The lowest BCUT2D eigenvalue weighted by molar-refractivity contribution is -0.883. The van der Waals surface area contributed by atoms with Crippen molar-refractivity contribution < 1.29 is 80.2 Å². The van der Waals surface area contributed by atoms with Gasteiger partial charge in [-0.2, -0.15) is 65.9 Å². The van der Waals surface area contributed by atoms with Crippen LogP contribution in [0.15, 0.2) is 0 Å². The second kappa shape index (κ2) is 8.30. The molecule has 0 saturated carbocycles. The highest BCUT2D eigenvalue weighted by Crippen LogP contribution is 2.62. The molecular formula is C14H15F15NO2+. The van der Waals surface area contributed by atoms with Gasteiger partial charge in [-0.15, -0.1) is 0 Å². The third-order valence-electron chi connectivity index (χ3n) is 4.21. The summed E-state index contributed by atoms with van der Waals surface area (Å²) in [7, 11) is 2.07. The first kappa shape index (κ1) is 30.4. The minimum atomic E-state index is -8.30. The summed E-state index contributed by atoms with van der Waals surface area (Å²) in [6.45, 7) is -1.59. The van der Waals surface area contributed by atoms with Crippen molar-refractivity contribution in [1.82, 2.24) is 0 Å². The van der Waals surface area contributed by atoms with Gasteiger partial charge in [-0.05, 0) is 0 Å². The van der Waals surface area contributed by atoms with E-state index in [1.165, 1.54) is 0 Å². The van der Waals surface area contributed by atoms with Crippen molar-refractivity contribution in [3.8, 4) is 0 Å². The van der Waals surface area contributed by atoms with Crippen molar-refractivity contribution in [1.29, 1.82) is 0 Å². The highest BCUT2D eigenvalue weighted by molar-refractivity contribution is 5.67. The summed E-state index contributed by atoms with van der Waals surface area (Å²) in [5.74, 6) is -48.0. The van der Waals surface area contributed by atoms with Gasteiger partial charge in [0.15, 0.2) is 6.54 Å². The molecule has 0 heterocycles. The molecule has 0 atom stereocenters. The van der Waals surface area contributed by atoms with E-state index in [1.54, 1.807) is 0 Å². The topological polar surface area (TPSA) is 37.3 Å². The van der Waals surface area contributed by atoms with Gasteiger partial charge in [-0.3, -0.25) is 0 Å². The summed E-state index contributed by atoms with van der Waals surface area (Å²) in [5, 5.41) is 8.55. The predicted molar refractivity (Wildman–Crippen MR) is 74.4 cm³/mol. The molecule has 3 nitrogen and oxygen atoms in total. The second-order valence-electron chi connectivity index (χ2n) is 7.39. The number of carboxylic acid groups (broad SMARTS) is 1. The van der Waals surface area contributed by atoms with Gasteiger partial charge in [-0.1, -0.05) is 0 Å². The third kappa shape index (κ3) is 4.98. The Morgan fingerprint density at radius 1 is 0.656 bits per heavy atom. The van der Waals surface area contributed by atoms with E-state index in [0.29, 0.717) is 0 Å². The Balaban J connectivity index is 6.03. The van der Waals surface area contributed by atoms with Crippen LogP contribution in [0.1, 0.15) is 12.8 Å². The highest BCUT2D eigenvalue weighted by atomic mass is 19.4. The first-order valence-electron chi connectivity index (χ1n) is 8.00. The molecule has 0 bridgehead atoms. The second-order valence-corrected chi connectivity index (χ2v) is 7.39. The Hall–Kier alpha value is -1.62. The van der Waals surface area contributed by atoms with E-state index >= 15 is 0 Å². The molecule has 0 aromatic heterocycles. The van der Waals surface area contributed by atoms with Gasteiger partial charge in [0.25, 0.3) is 0 Å². The quantitative estimate of drug-likeness (QED) is 0.300. The van der Waals surface area contributed by atoms with E-state index in [2.05, 4.69) is 0 Å². The average Bonchev–Trinajstić information content (AvgIpc) is 2.50. The average molecular weight is 514 g/mol. The van der Waals surface area contributed by atoms with E-state index in [-0.39, 0.29) is 0 Å². The third-order valence-corrected chi connectivity index (χ3v) is 4.21. The molecule has 0 aromatic rings. The molecule has 32 heavy (non-hydrogen) atoms.